The van der Waals surface area contributed by atoms with Crippen LogP contribution in [0.4, 0.5) is 13.2 Å². The lowest BCUT2D eigenvalue weighted by atomic mass is 9.80. The Kier molecular flexibility index (Phi) is 23.0. The summed E-state index contributed by atoms with van der Waals surface area (Å²) in [6, 6.07) is 11.9. The monoisotopic (exact) mass is 788 g/mol. The van der Waals surface area contributed by atoms with Gasteiger partial charge in [0.05, 0.1) is 41.9 Å². The Balaban J connectivity index is 0.000000936. The number of halogens is 3. The summed E-state index contributed by atoms with van der Waals surface area (Å²) < 4.78 is 54.3. The molecule has 11 nitrogen and oxygen atoms in total. The van der Waals surface area contributed by atoms with Crippen LogP contribution in [0.5, 0.6) is 0 Å². The average Bonchev–Trinajstić information content (AvgIpc) is 3.09. The largest absolute Gasteiger partial charge is 0.465 e. The molecule has 1 aliphatic heterocycles. The number of hydrogen-bond acceptors (Lipinski definition) is 11. The van der Waals surface area contributed by atoms with E-state index in [1.54, 1.807) is 34.6 Å². The van der Waals surface area contributed by atoms with Crippen molar-refractivity contribution in [3.05, 3.63) is 105 Å². The third-order valence-corrected chi connectivity index (χ3v) is 7.06. The summed E-state index contributed by atoms with van der Waals surface area (Å²) in [5.41, 5.74) is 8.44. The maximum atomic E-state index is 13.0. The highest BCUT2D eigenvalue weighted by Crippen LogP contribution is 2.40. The van der Waals surface area contributed by atoms with Gasteiger partial charge in [0, 0.05) is 22.7 Å². The minimum atomic E-state index is -4.49. The first-order valence-corrected chi connectivity index (χ1v) is 17.9. The summed E-state index contributed by atoms with van der Waals surface area (Å²) in [6.07, 6.45) is -1.36. The Morgan fingerprint density at radius 1 is 0.804 bits per heavy atom. The number of dihydropyridines is 1. The van der Waals surface area contributed by atoms with Crippen molar-refractivity contribution in [1.29, 1.82) is 0 Å². The van der Waals surface area contributed by atoms with E-state index in [-0.39, 0.29) is 35.7 Å². The van der Waals surface area contributed by atoms with Crippen LogP contribution in [0.25, 0.3) is 0 Å². The van der Waals surface area contributed by atoms with E-state index in [9.17, 15) is 41.9 Å². The van der Waals surface area contributed by atoms with Gasteiger partial charge in [-0.1, -0.05) is 55.8 Å². The molecular formula is C42H55F3N2O9. The number of aldehydes is 1. The first-order chi connectivity index (χ1) is 26.1. The van der Waals surface area contributed by atoms with Gasteiger partial charge in [-0.05, 0) is 92.0 Å². The van der Waals surface area contributed by atoms with E-state index >= 15 is 0 Å². The third-order valence-electron chi connectivity index (χ3n) is 7.06. The molecular weight excluding hydrogens is 733 g/mol. The maximum absolute atomic E-state index is 13.0. The number of ketones is 2. The van der Waals surface area contributed by atoms with E-state index in [2.05, 4.69) is 10.1 Å². The van der Waals surface area contributed by atoms with Crippen LogP contribution in [0.15, 0.2) is 82.8 Å². The molecule has 1 atom stereocenters. The van der Waals surface area contributed by atoms with E-state index in [1.807, 2.05) is 45.0 Å². The van der Waals surface area contributed by atoms with Crippen LogP contribution in [0.2, 0.25) is 0 Å². The molecule has 3 rings (SSSR count). The molecule has 0 fully saturated rings. The van der Waals surface area contributed by atoms with Crippen LogP contribution in [0.1, 0.15) is 115 Å². The first-order valence-electron chi connectivity index (χ1n) is 17.9. The minimum Gasteiger partial charge on any atom is -0.465 e. The fourth-order valence-electron chi connectivity index (χ4n) is 4.72. The van der Waals surface area contributed by atoms with Crippen LogP contribution in [0, 0.1) is 6.92 Å². The number of alkyl halides is 3. The molecule has 56 heavy (non-hydrogen) atoms. The highest BCUT2D eigenvalue weighted by atomic mass is 19.4. The lowest BCUT2D eigenvalue weighted by molar-refractivity contribution is -0.146. The predicted molar refractivity (Wildman–Crippen MR) is 207 cm³/mol. The number of carbonyl (C=O) groups excluding carboxylic acids is 6. The average molecular weight is 789 g/mol. The van der Waals surface area contributed by atoms with Gasteiger partial charge >= 0.3 is 24.1 Å². The highest BCUT2D eigenvalue weighted by molar-refractivity contribution is 6.00. The molecule has 0 radical (unpaired) electrons. The molecule has 14 heteroatoms. The lowest BCUT2D eigenvalue weighted by Crippen LogP contribution is -2.33. The zero-order valence-corrected chi connectivity index (χ0v) is 33.8. The third kappa shape index (κ3) is 19.7. The molecule has 1 heterocycles. The van der Waals surface area contributed by atoms with Crippen LogP contribution >= 0.6 is 0 Å². The van der Waals surface area contributed by atoms with Gasteiger partial charge in [-0.25, -0.2) is 9.59 Å². The van der Waals surface area contributed by atoms with Gasteiger partial charge in [0.1, 0.15) is 18.5 Å². The van der Waals surface area contributed by atoms with Gasteiger partial charge < -0.3 is 25.3 Å². The van der Waals surface area contributed by atoms with E-state index in [0.717, 1.165) is 30.4 Å². The SMILES string of the molecule is CC(=O)/C=C(/C)N.CCCOC(=O)C1=C(C)NC(C)=C(C(=O)OC(C)C)C1c1ccc(C(F)(F)F)cc1.CCCOC(=O)CC(C)=O.Cc1ccc(C=O)cc1. The number of nitrogens with two attached hydrogens (primary N) is 1. The van der Waals surface area contributed by atoms with Crippen molar-refractivity contribution < 1.29 is 56.1 Å². The highest BCUT2D eigenvalue weighted by Gasteiger charge is 2.39. The summed E-state index contributed by atoms with van der Waals surface area (Å²) in [5.74, 6) is -2.76. The van der Waals surface area contributed by atoms with E-state index in [1.165, 1.54) is 37.6 Å². The molecule has 0 bridgehead atoms. The van der Waals surface area contributed by atoms with E-state index < -0.39 is 41.7 Å². The lowest BCUT2D eigenvalue weighted by Gasteiger charge is -2.31. The number of hydrogen-bond donors (Lipinski definition) is 2. The van der Waals surface area contributed by atoms with Crippen molar-refractivity contribution in [2.75, 3.05) is 13.2 Å². The van der Waals surface area contributed by atoms with Gasteiger partial charge in [0.25, 0.3) is 0 Å². The topological polar surface area (TPSA) is 168 Å². The van der Waals surface area contributed by atoms with Crippen LogP contribution in [-0.4, -0.2) is 55.1 Å². The number of aryl methyl sites for hydroxylation is 1. The van der Waals surface area contributed by atoms with Crippen molar-refractivity contribution in [1.82, 2.24) is 5.32 Å². The summed E-state index contributed by atoms with van der Waals surface area (Å²) >= 11 is 0. The standard InChI is InChI=1S/C22H26F3NO4.C8H8O.C7H12O3.C5H9NO/c1-6-11-29-20(27)17-13(4)26-14(5)18(21(28)30-12(2)3)19(17)15-7-9-16(10-8-15)22(23,24)25;1-7-2-4-8(6-9)5-3-7;1-3-4-10-7(9)5-6(2)8;1-4(6)3-5(2)7/h7-10,12,19,26H,6,11H2,1-5H3;2-6H,1H3;3-5H2,1-2H3;3H,6H2,1-2H3/b;;;4-3-. The van der Waals surface area contributed by atoms with Gasteiger partial charge in [0.2, 0.25) is 0 Å². The van der Waals surface area contributed by atoms with Crippen LogP contribution in [0.3, 0.4) is 0 Å². The van der Waals surface area contributed by atoms with Gasteiger partial charge in [-0.2, -0.15) is 13.2 Å². The molecule has 0 spiro atoms. The molecule has 3 N–H and O–H groups in total. The van der Waals surface area contributed by atoms with Crippen molar-refractivity contribution in [2.45, 2.75) is 107 Å². The zero-order valence-electron chi connectivity index (χ0n) is 33.8. The van der Waals surface area contributed by atoms with Crippen molar-refractivity contribution >= 4 is 35.8 Å². The summed E-state index contributed by atoms with van der Waals surface area (Å²) in [5, 5.41) is 3.00. The predicted octanol–water partition coefficient (Wildman–Crippen LogP) is 8.01. The van der Waals surface area contributed by atoms with Crippen LogP contribution in [-0.2, 0) is 44.4 Å². The number of carbonyl (C=O) groups is 6. The van der Waals surface area contributed by atoms with Gasteiger partial charge in [-0.3, -0.25) is 19.2 Å². The van der Waals surface area contributed by atoms with Gasteiger partial charge in [-0.15, -0.1) is 0 Å². The Morgan fingerprint density at radius 2 is 1.30 bits per heavy atom. The zero-order chi connectivity index (χ0) is 43.2. The Morgan fingerprint density at radius 3 is 1.70 bits per heavy atom. The van der Waals surface area contributed by atoms with Crippen molar-refractivity contribution in [3.8, 4) is 0 Å². The summed E-state index contributed by atoms with van der Waals surface area (Å²) in [4.78, 5) is 66.7. The fraction of sp³-hybridized carbons (Fsp3) is 0.429. The molecule has 0 saturated carbocycles. The number of rotatable bonds is 12. The maximum Gasteiger partial charge on any atom is 0.416 e. The Bertz CT molecular complexity index is 1720. The molecule has 2 aromatic rings. The minimum absolute atomic E-state index is 0.000000000000000444. The molecule has 308 valence electrons. The van der Waals surface area contributed by atoms with Crippen LogP contribution < -0.4 is 11.1 Å². The fourth-order valence-corrected chi connectivity index (χ4v) is 4.72. The smallest absolute Gasteiger partial charge is 0.416 e. The number of esters is 3. The second-order valence-corrected chi connectivity index (χ2v) is 13.0. The first kappa shape index (κ1) is 50.5. The normalized spacial score (nSPS) is 13.7. The number of ether oxygens (including phenoxy) is 3. The molecule has 0 aliphatic carbocycles. The molecule has 2 aromatic carbocycles. The van der Waals surface area contributed by atoms with Crippen molar-refractivity contribution in [3.63, 3.8) is 0 Å². The van der Waals surface area contributed by atoms with Crippen molar-refractivity contribution in [2.24, 2.45) is 5.73 Å². The Hall–Kier alpha value is -5.53. The second-order valence-electron chi connectivity index (χ2n) is 13.0. The number of nitrogens with one attached hydrogen (secondary N) is 1. The number of allylic oxidation sites excluding steroid dienone is 4. The summed E-state index contributed by atoms with van der Waals surface area (Å²) in [7, 11) is 0. The van der Waals surface area contributed by atoms with E-state index in [4.69, 9.17) is 15.2 Å². The summed E-state index contributed by atoms with van der Waals surface area (Å²) in [6.45, 7) is 17.6. The quantitative estimate of drug-likeness (QED) is 0.0703. The molecule has 0 saturated heterocycles. The molecule has 0 amide bonds. The number of benzene rings is 2. The Labute approximate surface area is 327 Å². The molecule has 1 unspecified atom stereocenters. The molecule has 0 aromatic heterocycles. The second kappa shape index (κ2) is 25.5. The molecule has 1 aliphatic rings. The number of Topliss-reactive ketones (excluding diaryl/α,β-unsaturated/α-hetero) is 1. The van der Waals surface area contributed by atoms with E-state index in [0.29, 0.717) is 35.7 Å². The van der Waals surface area contributed by atoms with Gasteiger partial charge in [0.15, 0.2) is 5.78 Å².